The summed E-state index contributed by atoms with van der Waals surface area (Å²) >= 11 is 0. The van der Waals surface area contributed by atoms with Crippen LogP contribution < -0.4 is 0 Å². The fourth-order valence-electron chi connectivity index (χ4n) is 1.50. The molecule has 2 heteroatoms. The van der Waals surface area contributed by atoms with Gasteiger partial charge >= 0.3 is 0 Å². The molecule has 13 heavy (non-hydrogen) atoms. The summed E-state index contributed by atoms with van der Waals surface area (Å²) in [6, 6.07) is 2.16. The standard InChI is InChI=1S/C11H14N2/c1-4-5-11-8(2)10(6-12)7-13-9(11)3/h7H,4-5H2,1-3H3. The van der Waals surface area contributed by atoms with Crippen LogP contribution in [0.2, 0.25) is 0 Å². The lowest BCUT2D eigenvalue weighted by atomic mass is 10.00. The molecule has 0 saturated carbocycles. The Bertz CT molecular complexity index is 348. The second-order valence-corrected chi connectivity index (χ2v) is 3.22. The first-order chi connectivity index (χ1) is 6.20. The normalized spacial score (nSPS) is 9.69. The zero-order chi connectivity index (χ0) is 9.84. The van der Waals surface area contributed by atoms with Gasteiger partial charge in [-0.1, -0.05) is 13.3 Å². The van der Waals surface area contributed by atoms with Gasteiger partial charge in [0.2, 0.25) is 0 Å². The van der Waals surface area contributed by atoms with Crippen LogP contribution in [0.4, 0.5) is 0 Å². The number of hydrogen-bond donors (Lipinski definition) is 0. The number of pyridine rings is 1. The summed E-state index contributed by atoms with van der Waals surface area (Å²) in [5, 5.41) is 8.81. The maximum Gasteiger partial charge on any atom is 0.101 e. The molecule has 0 unspecified atom stereocenters. The van der Waals surface area contributed by atoms with E-state index >= 15 is 0 Å². The van der Waals surface area contributed by atoms with Crippen LogP contribution in [0.25, 0.3) is 0 Å². The average molecular weight is 174 g/mol. The van der Waals surface area contributed by atoms with Gasteiger partial charge in [0.15, 0.2) is 0 Å². The van der Waals surface area contributed by atoms with Crippen molar-refractivity contribution < 1.29 is 0 Å². The van der Waals surface area contributed by atoms with Gasteiger partial charge in [0.05, 0.1) is 5.56 Å². The minimum absolute atomic E-state index is 0.703. The summed E-state index contributed by atoms with van der Waals surface area (Å²) in [4.78, 5) is 4.21. The maximum absolute atomic E-state index is 8.81. The van der Waals surface area contributed by atoms with E-state index in [1.165, 1.54) is 5.56 Å². The van der Waals surface area contributed by atoms with Crippen LogP contribution in [0.1, 0.15) is 35.7 Å². The third kappa shape index (κ3) is 1.86. The SMILES string of the molecule is CCCc1c(C)ncc(C#N)c1C. The van der Waals surface area contributed by atoms with Crippen molar-refractivity contribution in [3.05, 3.63) is 28.6 Å². The van der Waals surface area contributed by atoms with E-state index < -0.39 is 0 Å². The van der Waals surface area contributed by atoms with Crippen LogP contribution in [0.5, 0.6) is 0 Å². The van der Waals surface area contributed by atoms with Crippen molar-refractivity contribution in [3.8, 4) is 6.07 Å². The molecule has 68 valence electrons. The van der Waals surface area contributed by atoms with Crippen LogP contribution >= 0.6 is 0 Å². The summed E-state index contributed by atoms with van der Waals surface area (Å²) in [6.45, 7) is 6.13. The fourth-order valence-corrected chi connectivity index (χ4v) is 1.50. The summed E-state index contributed by atoms with van der Waals surface area (Å²) < 4.78 is 0. The van der Waals surface area contributed by atoms with Gasteiger partial charge in [0.25, 0.3) is 0 Å². The highest BCUT2D eigenvalue weighted by Gasteiger charge is 2.06. The molecule has 0 aliphatic rings. The Morgan fingerprint density at radius 2 is 2.15 bits per heavy atom. The molecule has 1 heterocycles. The smallest absolute Gasteiger partial charge is 0.101 e. The van der Waals surface area contributed by atoms with Gasteiger partial charge in [-0.2, -0.15) is 5.26 Å². The molecule has 0 aliphatic carbocycles. The Kier molecular flexibility index (Phi) is 3.02. The molecule has 1 aromatic heterocycles. The van der Waals surface area contributed by atoms with Crippen molar-refractivity contribution in [3.63, 3.8) is 0 Å². The lowest BCUT2D eigenvalue weighted by molar-refractivity contribution is 0.886. The maximum atomic E-state index is 8.81. The Labute approximate surface area is 79.2 Å². The van der Waals surface area contributed by atoms with Crippen LogP contribution in [0.15, 0.2) is 6.20 Å². The zero-order valence-electron chi connectivity index (χ0n) is 8.39. The molecule has 1 aromatic rings. The van der Waals surface area contributed by atoms with Crippen molar-refractivity contribution >= 4 is 0 Å². The van der Waals surface area contributed by atoms with Crippen LogP contribution in [0, 0.1) is 25.2 Å². The van der Waals surface area contributed by atoms with Crippen molar-refractivity contribution in [2.75, 3.05) is 0 Å². The molecule has 0 aromatic carbocycles. The van der Waals surface area contributed by atoms with Gasteiger partial charge in [-0.05, 0) is 31.4 Å². The van der Waals surface area contributed by atoms with Gasteiger partial charge in [-0.15, -0.1) is 0 Å². The topological polar surface area (TPSA) is 36.7 Å². The quantitative estimate of drug-likeness (QED) is 0.690. The Morgan fingerprint density at radius 3 is 2.69 bits per heavy atom. The number of hydrogen-bond acceptors (Lipinski definition) is 2. The molecule has 0 bridgehead atoms. The lowest BCUT2D eigenvalue weighted by Crippen LogP contribution is -1.99. The van der Waals surface area contributed by atoms with E-state index in [4.69, 9.17) is 5.26 Å². The van der Waals surface area contributed by atoms with Crippen molar-refractivity contribution in [1.82, 2.24) is 4.98 Å². The van der Waals surface area contributed by atoms with Gasteiger partial charge in [0.1, 0.15) is 6.07 Å². The minimum atomic E-state index is 0.703. The fraction of sp³-hybridized carbons (Fsp3) is 0.455. The van der Waals surface area contributed by atoms with Gasteiger partial charge in [-0.3, -0.25) is 4.98 Å². The lowest BCUT2D eigenvalue weighted by Gasteiger charge is -2.08. The minimum Gasteiger partial charge on any atom is -0.260 e. The average Bonchev–Trinajstić information content (AvgIpc) is 2.12. The number of aromatic nitrogens is 1. The van der Waals surface area contributed by atoms with E-state index in [2.05, 4.69) is 18.0 Å². The molecule has 0 aliphatic heterocycles. The number of rotatable bonds is 2. The first-order valence-electron chi connectivity index (χ1n) is 4.55. The van der Waals surface area contributed by atoms with Gasteiger partial charge in [0, 0.05) is 11.9 Å². The summed E-state index contributed by atoms with van der Waals surface area (Å²) in [7, 11) is 0. The zero-order valence-corrected chi connectivity index (χ0v) is 8.39. The Balaban J connectivity index is 3.23. The van der Waals surface area contributed by atoms with Gasteiger partial charge in [-0.25, -0.2) is 0 Å². The number of aryl methyl sites for hydroxylation is 1. The summed E-state index contributed by atoms with van der Waals surface area (Å²) in [5.74, 6) is 0. The van der Waals surface area contributed by atoms with E-state index in [9.17, 15) is 0 Å². The van der Waals surface area contributed by atoms with E-state index in [1.54, 1.807) is 6.20 Å². The highest BCUT2D eigenvalue weighted by atomic mass is 14.7. The molecule has 0 N–H and O–H groups in total. The van der Waals surface area contributed by atoms with Crippen molar-refractivity contribution in [2.24, 2.45) is 0 Å². The van der Waals surface area contributed by atoms with Crippen LogP contribution in [0.3, 0.4) is 0 Å². The molecular formula is C11H14N2. The van der Waals surface area contributed by atoms with Crippen LogP contribution in [-0.2, 0) is 6.42 Å². The molecule has 2 nitrogen and oxygen atoms in total. The molecule has 0 saturated heterocycles. The molecule has 0 fully saturated rings. The second-order valence-electron chi connectivity index (χ2n) is 3.22. The van der Waals surface area contributed by atoms with E-state index in [0.717, 1.165) is 24.1 Å². The van der Waals surface area contributed by atoms with E-state index in [1.807, 2.05) is 13.8 Å². The third-order valence-electron chi connectivity index (χ3n) is 2.30. The molecule has 1 rings (SSSR count). The molecule has 0 amide bonds. The van der Waals surface area contributed by atoms with Gasteiger partial charge < -0.3 is 0 Å². The van der Waals surface area contributed by atoms with Crippen molar-refractivity contribution in [2.45, 2.75) is 33.6 Å². The number of nitrogens with zero attached hydrogens (tertiary/aromatic N) is 2. The first-order valence-corrected chi connectivity index (χ1v) is 4.55. The second kappa shape index (κ2) is 4.04. The predicted molar refractivity (Wildman–Crippen MR) is 52.4 cm³/mol. The largest absolute Gasteiger partial charge is 0.260 e. The summed E-state index contributed by atoms with van der Waals surface area (Å²) in [5.41, 5.74) is 4.09. The molecule has 0 atom stereocenters. The Morgan fingerprint density at radius 1 is 1.46 bits per heavy atom. The highest BCUT2D eigenvalue weighted by Crippen LogP contribution is 2.16. The predicted octanol–water partition coefficient (Wildman–Crippen LogP) is 2.52. The molecule has 0 radical (unpaired) electrons. The van der Waals surface area contributed by atoms with Crippen LogP contribution in [-0.4, -0.2) is 4.98 Å². The van der Waals surface area contributed by atoms with Crippen molar-refractivity contribution in [1.29, 1.82) is 5.26 Å². The third-order valence-corrected chi connectivity index (χ3v) is 2.30. The van der Waals surface area contributed by atoms with E-state index in [0.29, 0.717) is 5.56 Å². The van der Waals surface area contributed by atoms with E-state index in [-0.39, 0.29) is 0 Å². The molecular weight excluding hydrogens is 160 g/mol. The highest BCUT2D eigenvalue weighted by molar-refractivity contribution is 5.41. The monoisotopic (exact) mass is 174 g/mol. The summed E-state index contributed by atoms with van der Waals surface area (Å²) in [6.07, 6.45) is 3.77. The Hall–Kier alpha value is -1.36. The molecule has 0 spiro atoms. The first kappa shape index (κ1) is 9.73. The number of nitriles is 1.